The van der Waals surface area contributed by atoms with Gasteiger partial charge in [-0.25, -0.2) is 0 Å². The van der Waals surface area contributed by atoms with E-state index in [1.54, 1.807) is 7.11 Å². The molecule has 82 valence electrons. The standard InChI is InChI=1S/C13H19NO/c1-11(8-9-14(2)3)12-6-5-7-13(10-12)15-4/h5-7,10H,1,8-9H2,2-4H3. The predicted octanol–water partition coefficient (Wildman–Crippen LogP) is 2.66. The zero-order valence-electron chi connectivity index (χ0n) is 9.79. The largest absolute Gasteiger partial charge is 0.497 e. The smallest absolute Gasteiger partial charge is 0.119 e. The van der Waals surface area contributed by atoms with Gasteiger partial charge >= 0.3 is 0 Å². The molecule has 0 aliphatic rings. The van der Waals surface area contributed by atoms with Crippen LogP contribution in [0.25, 0.3) is 5.57 Å². The van der Waals surface area contributed by atoms with Gasteiger partial charge in [0.2, 0.25) is 0 Å². The van der Waals surface area contributed by atoms with E-state index in [1.807, 2.05) is 18.2 Å². The molecule has 1 aromatic carbocycles. The number of methoxy groups -OCH3 is 1. The highest BCUT2D eigenvalue weighted by molar-refractivity contribution is 5.64. The summed E-state index contributed by atoms with van der Waals surface area (Å²) >= 11 is 0. The molecule has 0 atom stereocenters. The number of hydrogen-bond acceptors (Lipinski definition) is 2. The number of rotatable bonds is 5. The summed E-state index contributed by atoms with van der Waals surface area (Å²) in [5.74, 6) is 0.888. The first-order valence-corrected chi connectivity index (χ1v) is 5.10. The lowest BCUT2D eigenvalue weighted by molar-refractivity contribution is 0.414. The molecule has 0 bridgehead atoms. The lowest BCUT2D eigenvalue weighted by Gasteiger charge is -2.11. The molecule has 0 aliphatic heterocycles. The first-order valence-electron chi connectivity index (χ1n) is 5.10. The fourth-order valence-corrected chi connectivity index (χ4v) is 1.35. The molecule has 0 heterocycles. The van der Waals surface area contributed by atoms with Crippen molar-refractivity contribution in [3.05, 3.63) is 36.4 Å². The third kappa shape index (κ3) is 3.76. The van der Waals surface area contributed by atoms with Gasteiger partial charge < -0.3 is 9.64 Å². The van der Waals surface area contributed by atoms with Gasteiger partial charge in [-0.2, -0.15) is 0 Å². The van der Waals surface area contributed by atoms with E-state index in [9.17, 15) is 0 Å². The summed E-state index contributed by atoms with van der Waals surface area (Å²) in [7, 11) is 5.82. The van der Waals surface area contributed by atoms with Crippen LogP contribution < -0.4 is 4.74 Å². The summed E-state index contributed by atoms with van der Waals surface area (Å²) in [6.07, 6.45) is 0.986. The maximum atomic E-state index is 5.18. The lowest BCUT2D eigenvalue weighted by Crippen LogP contribution is -2.13. The zero-order valence-corrected chi connectivity index (χ0v) is 9.79. The van der Waals surface area contributed by atoms with Crippen LogP contribution in [0.3, 0.4) is 0 Å². The fraction of sp³-hybridized carbons (Fsp3) is 0.385. The maximum absolute atomic E-state index is 5.18. The molecule has 0 amide bonds. The Hall–Kier alpha value is -1.28. The molecule has 2 heteroatoms. The Morgan fingerprint density at radius 2 is 2.13 bits per heavy atom. The summed E-state index contributed by atoms with van der Waals surface area (Å²) in [4.78, 5) is 2.16. The number of hydrogen-bond donors (Lipinski definition) is 0. The molecule has 0 spiro atoms. The van der Waals surface area contributed by atoms with Crippen LogP contribution in [0.5, 0.6) is 5.75 Å². The molecule has 2 nitrogen and oxygen atoms in total. The van der Waals surface area contributed by atoms with Crippen molar-refractivity contribution in [2.24, 2.45) is 0 Å². The Morgan fingerprint density at radius 1 is 1.40 bits per heavy atom. The molecule has 0 saturated heterocycles. The van der Waals surface area contributed by atoms with Gasteiger partial charge in [-0.1, -0.05) is 18.7 Å². The molecule has 0 aliphatic carbocycles. The molecule has 15 heavy (non-hydrogen) atoms. The predicted molar refractivity (Wildman–Crippen MR) is 65.2 cm³/mol. The van der Waals surface area contributed by atoms with Crippen molar-refractivity contribution < 1.29 is 4.74 Å². The summed E-state index contributed by atoms with van der Waals surface area (Å²) in [6.45, 7) is 5.11. The van der Waals surface area contributed by atoms with Gasteiger partial charge in [0, 0.05) is 6.54 Å². The van der Waals surface area contributed by atoms with Gasteiger partial charge in [-0.15, -0.1) is 0 Å². The minimum atomic E-state index is 0.888. The number of nitrogens with zero attached hydrogens (tertiary/aromatic N) is 1. The van der Waals surface area contributed by atoms with E-state index in [0.717, 1.165) is 29.9 Å². The third-order valence-corrected chi connectivity index (χ3v) is 2.34. The van der Waals surface area contributed by atoms with Gasteiger partial charge in [0.1, 0.15) is 5.75 Å². The summed E-state index contributed by atoms with van der Waals surface area (Å²) in [5.41, 5.74) is 2.32. The van der Waals surface area contributed by atoms with E-state index in [-0.39, 0.29) is 0 Å². The van der Waals surface area contributed by atoms with Crippen molar-refractivity contribution in [3.8, 4) is 5.75 Å². The Labute approximate surface area is 92.2 Å². The first-order chi connectivity index (χ1) is 7.13. The van der Waals surface area contributed by atoms with Crippen molar-refractivity contribution in [2.45, 2.75) is 6.42 Å². The van der Waals surface area contributed by atoms with Crippen LogP contribution in [0.4, 0.5) is 0 Å². The van der Waals surface area contributed by atoms with E-state index in [1.165, 1.54) is 0 Å². The molecule has 1 rings (SSSR count). The third-order valence-electron chi connectivity index (χ3n) is 2.34. The monoisotopic (exact) mass is 205 g/mol. The lowest BCUT2D eigenvalue weighted by atomic mass is 10.0. The molecule has 0 aromatic heterocycles. The highest BCUT2D eigenvalue weighted by Crippen LogP contribution is 2.20. The Morgan fingerprint density at radius 3 is 2.73 bits per heavy atom. The highest BCUT2D eigenvalue weighted by atomic mass is 16.5. The van der Waals surface area contributed by atoms with Gasteiger partial charge in [0.25, 0.3) is 0 Å². The molecule has 0 radical (unpaired) electrons. The van der Waals surface area contributed by atoms with E-state index < -0.39 is 0 Å². The van der Waals surface area contributed by atoms with Crippen LogP contribution in [0, 0.1) is 0 Å². The van der Waals surface area contributed by atoms with Crippen molar-refractivity contribution >= 4 is 5.57 Å². The van der Waals surface area contributed by atoms with Crippen LogP contribution in [0.2, 0.25) is 0 Å². The van der Waals surface area contributed by atoms with Crippen LogP contribution in [-0.2, 0) is 0 Å². The van der Waals surface area contributed by atoms with Gasteiger partial charge in [-0.3, -0.25) is 0 Å². The molecule has 0 fully saturated rings. The van der Waals surface area contributed by atoms with Crippen LogP contribution >= 0.6 is 0 Å². The van der Waals surface area contributed by atoms with Crippen LogP contribution in [0.1, 0.15) is 12.0 Å². The van der Waals surface area contributed by atoms with E-state index in [0.29, 0.717) is 0 Å². The van der Waals surface area contributed by atoms with Crippen molar-refractivity contribution in [2.75, 3.05) is 27.7 Å². The van der Waals surface area contributed by atoms with Crippen molar-refractivity contribution in [1.29, 1.82) is 0 Å². The molecular weight excluding hydrogens is 186 g/mol. The van der Waals surface area contributed by atoms with E-state index >= 15 is 0 Å². The molecular formula is C13H19NO. The second kappa shape index (κ2) is 5.56. The Balaban J connectivity index is 2.65. The molecule has 0 saturated carbocycles. The average molecular weight is 205 g/mol. The quantitative estimate of drug-likeness (QED) is 0.732. The highest BCUT2D eigenvalue weighted by Gasteiger charge is 2.01. The topological polar surface area (TPSA) is 12.5 Å². The summed E-state index contributed by atoms with van der Waals surface area (Å²) < 4.78 is 5.18. The Kier molecular flexibility index (Phi) is 4.37. The maximum Gasteiger partial charge on any atom is 0.119 e. The molecule has 0 N–H and O–H groups in total. The van der Waals surface area contributed by atoms with E-state index in [2.05, 4.69) is 31.6 Å². The van der Waals surface area contributed by atoms with Gasteiger partial charge in [0.15, 0.2) is 0 Å². The van der Waals surface area contributed by atoms with Crippen LogP contribution in [0.15, 0.2) is 30.8 Å². The summed E-state index contributed by atoms with van der Waals surface area (Å²) in [6, 6.07) is 8.04. The number of ether oxygens (including phenoxy) is 1. The average Bonchev–Trinajstić information content (AvgIpc) is 2.26. The normalized spacial score (nSPS) is 10.4. The molecule has 0 unspecified atom stereocenters. The Bertz CT molecular complexity index is 331. The SMILES string of the molecule is C=C(CCN(C)C)c1cccc(OC)c1. The number of benzene rings is 1. The van der Waals surface area contributed by atoms with Crippen LogP contribution in [-0.4, -0.2) is 32.6 Å². The molecule has 1 aromatic rings. The van der Waals surface area contributed by atoms with E-state index in [4.69, 9.17) is 4.74 Å². The van der Waals surface area contributed by atoms with Gasteiger partial charge in [0.05, 0.1) is 7.11 Å². The summed E-state index contributed by atoms with van der Waals surface area (Å²) in [5, 5.41) is 0. The minimum absolute atomic E-state index is 0.888. The van der Waals surface area contributed by atoms with Crippen molar-refractivity contribution in [3.63, 3.8) is 0 Å². The van der Waals surface area contributed by atoms with Crippen molar-refractivity contribution in [1.82, 2.24) is 4.90 Å². The first kappa shape index (κ1) is 11.8. The fourth-order valence-electron chi connectivity index (χ4n) is 1.35. The van der Waals surface area contributed by atoms with Gasteiger partial charge in [-0.05, 0) is 43.8 Å². The second-order valence-corrected chi connectivity index (χ2v) is 3.89. The minimum Gasteiger partial charge on any atom is -0.497 e. The zero-order chi connectivity index (χ0) is 11.3. The second-order valence-electron chi connectivity index (χ2n) is 3.89.